The summed E-state index contributed by atoms with van der Waals surface area (Å²) in [4.78, 5) is 0. The van der Waals surface area contributed by atoms with Crippen LogP contribution >= 0.6 is 0 Å². The maximum Gasteiger partial charge on any atom is 0.155 e. The van der Waals surface area contributed by atoms with E-state index in [0.29, 0.717) is 0 Å². The van der Waals surface area contributed by atoms with E-state index in [1.165, 1.54) is 0 Å². The first kappa shape index (κ1) is 17.2. The SMILES string of the molecule is CCCC(CS(=O)(=O)Cc1cc(C)cc(C)c1)NCC. The number of sulfone groups is 1. The van der Waals surface area contributed by atoms with Crippen LogP contribution in [-0.2, 0) is 15.6 Å². The summed E-state index contributed by atoms with van der Waals surface area (Å²) in [5.41, 5.74) is 3.13. The average Bonchev–Trinajstić information content (AvgIpc) is 2.26. The van der Waals surface area contributed by atoms with Crippen molar-refractivity contribution in [2.24, 2.45) is 0 Å². The minimum absolute atomic E-state index is 0.0703. The van der Waals surface area contributed by atoms with Gasteiger partial charge in [-0.2, -0.15) is 0 Å². The van der Waals surface area contributed by atoms with Gasteiger partial charge in [-0.05, 0) is 32.4 Å². The fraction of sp³-hybridized carbons (Fsp3) is 0.625. The second-order valence-electron chi connectivity index (χ2n) is 5.59. The normalized spacial score (nSPS) is 13.4. The third kappa shape index (κ3) is 6.06. The molecule has 1 atom stereocenters. The first-order chi connectivity index (χ1) is 9.36. The van der Waals surface area contributed by atoms with Gasteiger partial charge in [-0.1, -0.05) is 49.6 Å². The average molecular weight is 297 g/mol. The zero-order valence-electron chi connectivity index (χ0n) is 13.1. The maximum absolute atomic E-state index is 12.3. The monoisotopic (exact) mass is 297 g/mol. The Labute approximate surface area is 123 Å². The van der Waals surface area contributed by atoms with Crippen molar-refractivity contribution in [3.63, 3.8) is 0 Å². The van der Waals surface area contributed by atoms with Crippen molar-refractivity contribution in [1.82, 2.24) is 5.32 Å². The van der Waals surface area contributed by atoms with E-state index in [0.717, 1.165) is 36.1 Å². The highest BCUT2D eigenvalue weighted by Crippen LogP contribution is 2.14. The molecule has 3 nitrogen and oxygen atoms in total. The molecule has 4 heteroatoms. The summed E-state index contributed by atoms with van der Waals surface area (Å²) in [5, 5.41) is 3.27. The lowest BCUT2D eigenvalue weighted by atomic mass is 10.1. The highest BCUT2D eigenvalue weighted by molar-refractivity contribution is 7.90. The molecule has 0 saturated heterocycles. The second kappa shape index (κ2) is 7.79. The maximum atomic E-state index is 12.3. The molecular formula is C16H27NO2S. The fourth-order valence-electron chi connectivity index (χ4n) is 2.65. The lowest BCUT2D eigenvalue weighted by Crippen LogP contribution is -2.35. The molecule has 114 valence electrons. The van der Waals surface area contributed by atoms with Crippen molar-refractivity contribution < 1.29 is 8.42 Å². The molecule has 0 radical (unpaired) electrons. The predicted molar refractivity (Wildman–Crippen MR) is 85.8 cm³/mol. The molecule has 1 unspecified atom stereocenters. The Hall–Kier alpha value is -0.870. The zero-order chi connectivity index (χ0) is 15.2. The molecule has 0 aliphatic heterocycles. The Morgan fingerprint density at radius 3 is 2.20 bits per heavy atom. The lowest BCUT2D eigenvalue weighted by Gasteiger charge is -2.17. The van der Waals surface area contributed by atoms with Crippen LogP contribution in [0, 0.1) is 13.8 Å². The summed E-state index contributed by atoms with van der Waals surface area (Å²) in [6.45, 7) is 8.91. The molecule has 0 fully saturated rings. The Morgan fingerprint density at radius 1 is 1.10 bits per heavy atom. The van der Waals surface area contributed by atoms with Crippen LogP contribution in [0.25, 0.3) is 0 Å². The van der Waals surface area contributed by atoms with Gasteiger partial charge in [0.1, 0.15) is 0 Å². The van der Waals surface area contributed by atoms with E-state index in [1.807, 2.05) is 32.9 Å². The van der Waals surface area contributed by atoms with Gasteiger partial charge in [0, 0.05) is 6.04 Å². The Kier molecular flexibility index (Phi) is 6.69. The van der Waals surface area contributed by atoms with Crippen LogP contribution in [0.2, 0.25) is 0 Å². The highest BCUT2D eigenvalue weighted by atomic mass is 32.2. The van der Waals surface area contributed by atoms with Crippen molar-refractivity contribution in [2.75, 3.05) is 12.3 Å². The van der Waals surface area contributed by atoms with Crippen LogP contribution in [0.1, 0.15) is 43.4 Å². The number of benzene rings is 1. The van der Waals surface area contributed by atoms with Gasteiger partial charge in [0.2, 0.25) is 0 Å². The molecule has 0 aromatic heterocycles. The minimum atomic E-state index is -3.07. The lowest BCUT2D eigenvalue weighted by molar-refractivity contribution is 0.512. The Bertz CT molecular complexity index is 497. The highest BCUT2D eigenvalue weighted by Gasteiger charge is 2.18. The summed E-state index contributed by atoms with van der Waals surface area (Å²) in [5.74, 6) is 0.364. The van der Waals surface area contributed by atoms with Crippen molar-refractivity contribution in [3.05, 3.63) is 34.9 Å². The smallest absolute Gasteiger partial charge is 0.155 e. The van der Waals surface area contributed by atoms with E-state index in [2.05, 4.69) is 18.3 Å². The molecule has 0 aliphatic rings. The summed E-state index contributed by atoms with van der Waals surface area (Å²) in [7, 11) is -3.07. The van der Waals surface area contributed by atoms with Crippen LogP contribution in [0.3, 0.4) is 0 Å². The topological polar surface area (TPSA) is 46.2 Å². The molecule has 1 N–H and O–H groups in total. The van der Waals surface area contributed by atoms with E-state index in [1.54, 1.807) is 0 Å². The molecule has 20 heavy (non-hydrogen) atoms. The van der Waals surface area contributed by atoms with Gasteiger partial charge in [0.25, 0.3) is 0 Å². The van der Waals surface area contributed by atoms with Gasteiger partial charge in [0.05, 0.1) is 11.5 Å². The van der Waals surface area contributed by atoms with Crippen molar-refractivity contribution in [3.8, 4) is 0 Å². The number of hydrogen-bond acceptors (Lipinski definition) is 3. The van der Waals surface area contributed by atoms with Crippen molar-refractivity contribution in [2.45, 2.75) is 52.3 Å². The van der Waals surface area contributed by atoms with Crippen molar-refractivity contribution in [1.29, 1.82) is 0 Å². The summed E-state index contributed by atoms with van der Waals surface area (Å²) in [6.07, 6.45) is 1.90. The summed E-state index contributed by atoms with van der Waals surface area (Å²) < 4.78 is 24.7. The predicted octanol–water partition coefficient (Wildman–Crippen LogP) is 3.00. The summed E-state index contributed by atoms with van der Waals surface area (Å²) in [6, 6.07) is 6.06. The minimum Gasteiger partial charge on any atom is -0.313 e. The molecule has 0 spiro atoms. The van der Waals surface area contributed by atoms with Gasteiger partial charge >= 0.3 is 0 Å². The number of nitrogens with one attached hydrogen (secondary N) is 1. The molecule has 0 amide bonds. The van der Waals surface area contributed by atoms with Gasteiger partial charge < -0.3 is 5.32 Å². The van der Waals surface area contributed by atoms with Gasteiger partial charge in [-0.25, -0.2) is 8.42 Å². The molecule has 0 bridgehead atoms. The van der Waals surface area contributed by atoms with E-state index >= 15 is 0 Å². The molecule has 0 saturated carbocycles. The van der Waals surface area contributed by atoms with E-state index in [-0.39, 0.29) is 17.5 Å². The number of rotatable bonds is 8. The Morgan fingerprint density at radius 2 is 1.70 bits per heavy atom. The zero-order valence-corrected chi connectivity index (χ0v) is 13.9. The molecule has 0 heterocycles. The van der Waals surface area contributed by atoms with Gasteiger partial charge in [-0.3, -0.25) is 0 Å². The molecule has 1 rings (SSSR count). The second-order valence-corrected chi connectivity index (χ2v) is 7.70. The van der Waals surface area contributed by atoms with Crippen LogP contribution in [-0.4, -0.2) is 26.8 Å². The standard InChI is InChI=1S/C16H27NO2S/c1-5-7-16(17-6-2)12-20(18,19)11-15-9-13(3)8-14(4)10-15/h8-10,16-17H,5-7,11-12H2,1-4H3. The van der Waals surface area contributed by atoms with Crippen molar-refractivity contribution >= 4 is 9.84 Å². The van der Waals surface area contributed by atoms with E-state index < -0.39 is 9.84 Å². The van der Waals surface area contributed by atoms with Crippen LogP contribution in [0.5, 0.6) is 0 Å². The summed E-state index contributed by atoms with van der Waals surface area (Å²) >= 11 is 0. The number of hydrogen-bond donors (Lipinski definition) is 1. The van der Waals surface area contributed by atoms with Crippen LogP contribution in [0.15, 0.2) is 18.2 Å². The fourth-order valence-corrected chi connectivity index (χ4v) is 4.34. The number of aryl methyl sites for hydroxylation is 2. The molecule has 1 aromatic rings. The molecular weight excluding hydrogens is 270 g/mol. The first-order valence-electron chi connectivity index (χ1n) is 7.37. The molecule has 1 aromatic carbocycles. The molecule has 0 aliphatic carbocycles. The van der Waals surface area contributed by atoms with E-state index in [4.69, 9.17) is 0 Å². The van der Waals surface area contributed by atoms with E-state index in [9.17, 15) is 8.42 Å². The van der Waals surface area contributed by atoms with Gasteiger partial charge in [-0.15, -0.1) is 0 Å². The van der Waals surface area contributed by atoms with Crippen LogP contribution in [0.4, 0.5) is 0 Å². The third-order valence-electron chi connectivity index (χ3n) is 3.25. The van der Waals surface area contributed by atoms with Gasteiger partial charge in [0.15, 0.2) is 9.84 Å². The first-order valence-corrected chi connectivity index (χ1v) is 9.19. The van der Waals surface area contributed by atoms with Crippen LogP contribution < -0.4 is 5.32 Å². The largest absolute Gasteiger partial charge is 0.313 e. The third-order valence-corrected chi connectivity index (χ3v) is 4.94. The quantitative estimate of drug-likeness (QED) is 0.802. The Balaban J connectivity index is 2.77.